The van der Waals surface area contributed by atoms with E-state index in [9.17, 15) is 4.39 Å². The van der Waals surface area contributed by atoms with Gasteiger partial charge in [0, 0.05) is 16.7 Å². The minimum absolute atomic E-state index is 0.00540. The maximum Gasteiger partial charge on any atom is 0.144 e. The molecule has 0 saturated heterocycles. The van der Waals surface area contributed by atoms with Gasteiger partial charge in [0.15, 0.2) is 0 Å². The van der Waals surface area contributed by atoms with E-state index in [2.05, 4.69) is 0 Å². The Labute approximate surface area is 124 Å². The van der Waals surface area contributed by atoms with Crippen LogP contribution in [0, 0.1) is 5.82 Å². The fourth-order valence-electron chi connectivity index (χ4n) is 1.48. The van der Waals surface area contributed by atoms with Crippen LogP contribution in [0.3, 0.4) is 0 Å². The molecule has 2 rings (SSSR count). The van der Waals surface area contributed by atoms with Gasteiger partial charge in [0.2, 0.25) is 0 Å². The number of ether oxygens (including phenoxy) is 1. The summed E-state index contributed by atoms with van der Waals surface area (Å²) in [5.41, 5.74) is 6.40. The third-order valence-corrected chi connectivity index (χ3v) is 3.40. The molecular formula is C13H9Cl3FNO. The van der Waals surface area contributed by atoms with Crippen LogP contribution in [0.2, 0.25) is 15.1 Å². The minimum atomic E-state index is -0.400. The molecule has 0 bridgehead atoms. The van der Waals surface area contributed by atoms with Crippen LogP contribution in [0.25, 0.3) is 0 Å². The molecule has 6 heteroatoms. The van der Waals surface area contributed by atoms with E-state index in [1.807, 2.05) is 0 Å². The molecule has 100 valence electrons. The molecule has 2 aromatic rings. The first-order valence-electron chi connectivity index (χ1n) is 5.28. The molecule has 2 N–H and O–H groups in total. The predicted octanol–water partition coefficient (Wildman–Crippen LogP) is 4.95. The Bertz CT molecular complexity index is 619. The molecule has 0 atom stereocenters. The fraction of sp³-hybridized carbons (Fsp3) is 0.0769. The highest BCUT2D eigenvalue weighted by atomic mass is 35.5. The molecule has 2 nitrogen and oxygen atoms in total. The van der Waals surface area contributed by atoms with E-state index in [0.29, 0.717) is 32.1 Å². The van der Waals surface area contributed by atoms with Crippen LogP contribution in [-0.2, 0) is 6.61 Å². The maximum atomic E-state index is 13.5. The quantitative estimate of drug-likeness (QED) is 0.812. The summed E-state index contributed by atoms with van der Waals surface area (Å²) in [5, 5.41) is 1.08. The molecule has 0 amide bonds. The monoisotopic (exact) mass is 319 g/mol. The van der Waals surface area contributed by atoms with Crippen LogP contribution >= 0.6 is 34.8 Å². The van der Waals surface area contributed by atoms with Gasteiger partial charge in [-0.1, -0.05) is 34.8 Å². The topological polar surface area (TPSA) is 35.2 Å². The molecule has 0 heterocycles. The highest BCUT2D eigenvalue weighted by Gasteiger charge is 2.08. The number of benzene rings is 2. The van der Waals surface area contributed by atoms with E-state index in [4.69, 9.17) is 45.3 Å². The van der Waals surface area contributed by atoms with Crippen LogP contribution < -0.4 is 10.5 Å². The summed E-state index contributed by atoms with van der Waals surface area (Å²) in [6.45, 7) is -0.00540. The number of anilines is 1. The Hall–Kier alpha value is -1.16. The lowest BCUT2D eigenvalue weighted by Gasteiger charge is -2.11. The molecule has 0 saturated carbocycles. The van der Waals surface area contributed by atoms with Crippen LogP contribution in [0.1, 0.15) is 5.56 Å². The Morgan fingerprint density at radius 1 is 1.05 bits per heavy atom. The second-order valence-corrected chi connectivity index (χ2v) is 5.08. The van der Waals surface area contributed by atoms with E-state index in [1.165, 1.54) is 30.3 Å². The smallest absolute Gasteiger partial charge is 0.144 e. The summed E-state index contributed by atoms with van der Waals surface area (Å²) in [5.74, 6) is -0.0585. The molecule has 2 aromatic carbocycles. The van der Waals surface area contributed by atoms with Crippen molar-refractivity contribution in [1.82, 2.24) is 0 Å². The van der Waals surface area contributed by atoms with Gasteiger partial charge < -0.3 is 10.5 Å². The molecule has 0 unspecified atom stereocenters. The van der Waals surface area contributed by atoms with Gasteiger partial charge >= 0.3 is 0 Å². The van der Waals surface area contributed by atoms with Gasteiger partial charge in [-0.2, -0.15) is 0 Å². The predicted molar refractivity (Wildman–Crippen MR) is 76.6 cm³/mol. The molecule has 0 aromatic heterocycles. The SMILES string of the molecule is Nc1cc(Cl)c(Cl)cc1OCc1cc(Cl)ccc1F. The van der Waals surface area contributed by atoms with Crippen molar-refractivity contribution in [3.8, 4) is 5.75 Å². The fourth-order valence-corrected chi connectivity index (χ4v) is 2.00. The van der Waals surface area contributed by atoms with Gasteiger partial charge in [-0.05, 0) is 24.3 Å². The Morgan fingerprint density at radius 3 is 2.47 bits per heavy atom. The van der Waals surface area contributed by atoms with E-state index in [-0.39, 0.29) is 6.61 Å². The maximum absolute atomic E-state index is 13.5. The van der Waals surface area contributed by atoms with Crippen LogP contribution in [0.15, 0.2) is 30.3 Å². The Kier molecular flexibility index (Phi) is 4.40. The summed E-state index contributed by atoms with van der Waals surface area (Å²) >= 11 is 17.5. The second-order valence-electron chi connectivity index (χ2n) is 3.83. The number of nitrogens with two attached hydrogens (primary N) is 1. The lowest BCUT2D eigenvalue weighted by Crippen LogP contribution is -2.01. The van der Waals surface area contributed by atoms with Crippen LogP contribution in [0.5, 0.6) is 5.75 Å². The number of nitrogen functional groups attached to an aromatic ring is 1. The molecule has 0 aliphatic heterocycles. The summed E-state index contributed by atoms with van der Waals surface area (Å²) < 4.78 is 18.9. The molecule has 0 radical (unpaired) electrons. The summed E-state index contributed by atoms with van der Waals surface area (Å²) in [7, 11) is 0. The summed E-state index contributed by atoms with van der Waals surface area (Å²) in [4.78, 5) is 0. The largest absolute Gasteiger partial charge is 0.487 e. The first kappa shape index (κ1) is 14.3. The normalized spacial score (nSPS) is 10.5. The van der Waals surface area contributed by atoms with Crippen LogP contribution in [0.4, 0.5) is 10.1 Å². The molecule has 19 heavy (non-hydrogen) atoms. The minimum Gasteiger partial charge on any atom is -0.487 e. The zero-order chi connectivity index (χ0) is 14.0. The number of halogens is 4. The third-order valence-electron chi connectivity index (χ3n) is 2.44. The van der Waals surface area contributed by atoms with Crippen molar-refractivity contribution in [3.63, 3.8) is 0 Å². The highest BCUT2D eigenvalue weighted by molar-refractivity contribution is 6.42. The van der Waals surface area contributed by atoms with Crippen molar-refractivity contribution in [2.45, 2.75) is 6.61 Å². The lowest BCUT2D eigenvalue weighted by molar-refractivity contribution is 0.301. The average molecular weight is 321 g/mol. The lowest BCUT2D eigenvalue weighted by atomic mass is 10.2. The highest BCUT2D eigenvalue weighted by Crippen LogP contribution is 2.33. The zero-order valence-electron chi connectivity index (χ0n) is 9.59. The van der Waals surface area contributed by atoms with Crippen molar-refractivity contribution in [2.24, 2.45) is 0 Å². The third kappa shape index (κ3) is 3.44. The number of hydrogen-bond donors (Lipinski definition) is 1. The molecule has 0 aliphatic rings. The number of hydrogen-bond acceptors (Lipinski definition) is 2. The average Bonchev–Trinajstić information content (AvgIpc) is 2.36. The van der Waals surface area contributed by atoms with Crippen molar-refractivity contribution in [1.29, 1.82) is 0 Å². The van der Waals surface area contributed by atoms with Gasteiger partial charge in [-0.15, -0.1) is 0 Å². The molecule has 0 spiro atoms. The number of rotatable bonds is 3. The van der Waals surface area contributed by atoms with Gasteiger partial charge in [0.05, 0.1) is 15.7 Å². The van der Waals surface area contributed by atoms with Gasteiger partial charge in [-0.25, -0.2) is 4.39 Å². The van der Waals surface area contributed by atoms with Gasteiger partial charge in [0.25, 0.3) is 0 Å². The van der Waals surface area contributed by atoms with Crippen LogP contribution in [-0.4, -0.2) is 0 Å². The van der Waals surface area contributed by atoms with Gasteiger partial charge in [0.1, 0.15) is 18.2 Å². The van der Waals surface area contributed by atoms with Gasteiger partial charge in [-0.3, -0.25) is 0 Å². The van der Waals surface area contributed by atoms with E-state index in [0.717, 1.165) is 0 Å². The second kappa shape index (κ2) is 5.87. The zero-order valence-corrected chi connectivity index (χ0v) is 11.9. The Morgan fingerprint density at radius 2 is 1.74 bits per heavy atom. The summed E-state index contributed by atoms with van der Waals surface area (Å²) in [6, 6.07) is 7.20. The van der Waals surface area contributed by atoms with Crippen molar-refractivity contribution in [3.05, 3.63) is 56.8 Å². The summed E-state index contributed by atoms with van der Waals surface area (Å²) in [6.07, 6.45) is 0. The van der Waals surface area contributed by atoms with E-state index in [1.54, 1.807) is 0 Å². The molecular weight excluding hydrogens is 312 g/mol. The van der Waals surface area contributed by atoms with Crippen molar-refractivity contribution >= 4 is 40.5 Å². The molecule has 0 aliphatic carbocycles. The Balaban J connectivity index is 2.19. The van der Waals surface area contributed by atoms with Crippen molar-refractivity contribution < 1.29 is 9.13 Å². The first-order valence-corrected chi connectivity index (χ1v) is 6.42. The standard InChI is InChI=1S/C13H9Cl3FNO/c14-8-1-2-11(17)7(3-8)6-19-13-5-10(16)9(15)4-12(13)18/h1-5H,6,18H2. The van der Waals surface area contributed by atoms with E-state index < -0.39 is 5.82 Å². The molecule has 0 fully saturated rings. The van der Waals surface area contributed by atoms with Crippen molar-refractivity contribution in [2.75, 3.05) is 5.73 Å². The first-order chi connectivity index (χ1) is 8.97. The van der Waals surface area contributed by atoms with E-state index >= 15 is 0 Å².